The number of hydrogen-bond donors (Lipinski definition) is 1. The molecule has 5 nitrogen and oxygen atoms in total. The Kier molecular flexibility index (Phi) is 3.63. The highest BCUT2D eigenvalue weighted by molar-refractivity contribution is 7.89. The Morgan fingerprint density at radius 1 is 1.47 bits per heavy atom. The van der Waals surface area contributed by atoms with Crippen molar-refractivity contribution in [3.8, 4) is 6.07 Å². The van der Waals surface area contributed by atoms with Gasteiger partial charge in [-0.1, -0.05) is 6.07 Å². The van der Waals surface area contributed by atoms with Gasteiger partial charge < -0.3 is 5.73 Å². The minimum atomic E-state index is -3.58. The molecule has 0 radical (unpaired) electrons. The van der Waals surface area contributed by atoms with Gasteiger partial charge in [-0.15, -0.1) is 0 Å². The minimum absolute atomic E-state index is 0.130. The fourth-order valence-corrected chi connectivity index (χ4v) is 4.29. The van der Waals surface area contributed by atoms with Gasteiger partial charge in [-0.2, -0.15) is 9.57 Å². The van der Waals surface area contributed by atoms with E-state index in [0.29, 0.717) is 24.1 Å². The molecule has 2 unspecified atom stereocenters. The zero-order valence-electron chi connectivity index (χ0n) is 11.0. The SMILES string of the molecule is Cc1ccc(C#N)cc1S(=O)(=O)N1CCC(N)C1C. The quantitative estimate of drug-likeness (QED) is 0.874. The molecule has 1 aromatic carbocycles. The molecule has 1 fully saturated rings. The van der Waals surface area contributed by atoms with E-state index in [0.717, 1.165) is 0 Å². The fourth-order valence-electron chi connectivity index (χ4n) is 2.35. The van der Waals surface area contributed by atoms with E-state index in [1.54, 1.807) is 19.1 Å². The van der Waals surface area contributed by atoms with Crippen molar-refractivity contribution in [1.29, 1.82) is 5.26 Å². The van der Waals surface area contributed by atoms with Crippen LogP contribution in [0, 0.1) is 18.3 Å². The van der Waals surface area contributed by atoms with Crippen molar-refractivity contribution in [2.45, 2.75) is 37.2 Å². The number of nitriles is 1. The van der Waals surface area contributed by atoms with Crippen LogP contribution in [-0.2, 0) is 10.0 Å². The second-order valence-corrected chi connectivity index (χ2v) is 6.76. The first-order valence-corrected chi connectivity index (χ1v) is 7.60. The van der Waals surface area contributed by atoms with Crippen LogP contribution in [0.4, 0.5) is 0 Å². The molecule has 1 saturated heterocycles. The molecule has 1 heterocycles. The predicted molar refractivity (Wildman–Crippen MR) is 71.8 cm³/mol. The summed E-state index contributed by atoms with van der Waals surface area (Å²) in [6, 6.07) is 6.34. The van der Waals surface area contributed by atoms with Crippen molar-refractivity contribution in [2.75, 3.05) is 6.54 Å². The maximum Gasteiger partial charge on any atom is 0.243 e. The molecule has 2 N–H and O–H groups in total. The van der Waals surface area contributed by atoms with Crippen LogP contribution in [0.1, 0.15) is 24.5 Å². The van der Waals surface area contributed by atoms with Gasteiger partial charge in [0, 0.05) is 18.6 Å². The molecule has 1 aromatic rings. The van der Waals surface area contributed by atoms with Gasteiger partial charge in [0.1, 0.15) is 0 Å². The van der Waals surface area contributed by atoms with E-state index in [-0.39, 0.29) is 17.0 Å². The maximum atomic E-state index is 12.6. The largest absolute Gasteiger partial charge is 0.326 e. The number of nitrogens with zero attached hydrogens (tertiary/aromatic N) is 2. The van der Waals surface area contributed by atoms with Crippen molar-refractivity contribution in [3.05, 3.63) is 29.3 Å². The molecule has 0 amide bonds. The van der Waals surface area contributed by atoms with Gasteiger partial charge in [0.2, 0.25) is 10.0 Å². The number of nitrogens with two attached hydrogens (primary N) is 1. The average molecular weight is 279 g/mol. The van der Waals surface area contributed by atoms with Crippen LogP contribution in [0.15, 0.2) is 23.1 Å². The zero-order chi connectivity index (χ0) is 14.2. The average Bonchev–Trinajstić information content (AvgIpc) is 2.71. The standard InChI is InChI=1S/C13H17N3O2S/c1-9-3-4-11(8-14)7-13(9)19(17,18)16-6-5-12(15)10(16)2/h3-4,7,10,12H,5-6,15H2,1-2H3. The van der Waals surface area contributed by atoms with Crippen molar-refractivity contribution in [3.63, 3.8) is 0 Å². The summed E-state index contributed by atoms with van der Waals surface area (Å²) < 4.78 is 26.7. The summed E-state index contributed by atoms with van der Waals surface area (Å²) in [6.45, 7) is 3.98. The molecule has 0 saturated carbocycles. The van der Waals surface area contributed by atoms with Crippen LogP contribution in [0.5, 0.6) is 0 Å². The summed E-state index contributed by atoms with van der Waals surface area (Å²) in [6.07, 6.45) is 0.664. The minimum Gasteiger partial charge on any atom is -0.326 e. The van der Waals surface area contributed by atoms with E-state index in [1.165, 1.54) is 10.4 Å². The lowest BCUT2D eigenvalue weighted by Crippen LogP contribution is -2.40. The number of hydrogen-bond acceptors (Lipinski definition) is 4. The number of benzene rings is 1. The van der Waals surface area contributed by atoms with Crippen LogP contribution < -0.4 is 5.73 Å². The van der Waals surface area contributed by atoms with Crippen LogP contribution in [0.25, 0.3) is 0 Å². The first kappa shape index (κ1) is 14.0. The summed E-state index contributed by atoms with van der Waals surface area (Å²) in [4.78, 5) is 0.201. The second-order valence-electron chi connectivity index (χ2n) is 4.90. The molecule has 0 aromatic heterocycles. The van der Waals surface area contributed by atoms with Gasteiger partial charge in [0.25, 0.3) is 0 Å². The Morgan fingerprint density at radius 3 is 2.68 bits per heavy atom. The van der Waals surface area contributed by atoms with Gasteiger partial charge in [-0.25, -0.2) is 8.42 Å². The molecule has 0 spiro atoms. The van der Waals surface area contributed by atoms with Crippen LogP contribution in [0.2, 0.25) is 0 Å². The monoisotopic (exact) mass is 279 g/mol. The first-order chi connectivity index (χ1) is 8.87. The van der Waals surface area contributed by atoms with E-state index in [9.17, 15) is 8.42 Å². The van der Waals surface area contributed by atoms with Crippen molar-refractivity contribution >= 4 is 10.0 Å². The number of sulfonamides is 1. The van der Waals surface area contributed by atoms with E-state index in [2.05, 4.69) is 0 Å². The van der Waals surface area contributed by atoms with Gasteiger partial charge in [0.05, 0.1) is 16.5 Å². The predicted octanol–water partition coefficient (Wildman–Crippen LogP) is 0.977. The molecular formula is C13H17N3O2S. The molecule has 1 aliphatic heterocycles. The third kappa shape index (κ3) is 2.37. The third-order valence-corrected chi connectivity index (χ3v) is 5.79. The van der Waals surface area contributed by atoms with Crippen LogP contribution in [-0.4, -0.2) is 31.4 Å². The van der Waals surface area contributed by atoms with E-state index < -0.39 is 10.0 Å². The summed E-state index contributed by atoms with van der Waals surface area (Å²) >= 11 is 0. The van der Waals surface area contributed by atoms with Crippen molar-refractivity contribution in [2.24, 2.45) is 5.73 Å². The summed E-state index contributed by atoms with van der Waals surface area (Å²) in [5, 5.41) is 8.90. The zero-order valence-corrected chi connectivity index (χ0v) is 11.8. The number of rotatable bonds is 2. The van der Waals surface area contributed by atoms with E-state index >= 15 is 0 Å². The van der Waals surface area contributed by atoms with Gasteiger partial charge >= 0.3 is 0 Å². The molecule has 102 valence electrons. The molecule has 0 aliphatic carbocycles. The lowest BCUT2D eigenvalue weighted by atomic mass is 10.2. The summed E-state index contributed by atoms with van der Waals surface area (Å²) in [5.74, 6) is 0. The molecule has 0 bridgehead atoms. The van der Waals surface area contributed by atoms with E-state index in [4.69, 9.17) is 11.0 Å². The van der Waals surface area contributed by atoms with Gasteiger partial charge in [-0.3, -0.25) is 0 Å². The molecule has 2 atom stereocenters. The Hall–Kier alpha value is -1.42. The highest BCUT2D eigenvalue weighted by atomic mass is 32.2. The topological polar surface area (TPSA) is 87.2 Å². The summed E-state index contributed by atoms with van der Waals surface area (Å²) in [7, 11) is -3.58. The number of aryl methyl sites for hydroxylation is 1. The molecule has 19 heavy (non-hydrogen) atoms. The summed E-state index contributed by atoms with van der Waals surface area (Å²) in [5.41, 5.74) is 6.87. The third-order valence-electron chi connectivity index (χ3n) is 3.66. The van der Waals surface area contributed by atoms with Crippen LogP contribution in [0.3, 0.4) is 0 Å². The Morgan fingerprint density at radius 2 is 2.16 bits per heavy atom. The van der Waals surface area contributed by atoms with Gasteiger partial charge in [0.15, 0.2) is 0 Å². The lowest BCUT2D eigenvalue weighted by molar-refractivity contribution is 0.393. The molecule has 6 heteroatoms. The van der Waals surface area contributed by atoms with Gasteiger partial charge in [-0.05, 0) is 38.0 Å². The molecule has 1 aliphatic rings. The highest BCUT2D eigenvalue weighted by Crippen LogP contribution is 2.27. The Balaban J connectivity index is 2.49. The molecular weight excluding hydrogens is 262 g/mol. The van der Waals surface area contributed by atoms with Crippen molar-refractivity contribution < 1.29 is 8.42 Å². The lowest BCUT2D eigenvalue weighted by Gasteiger charge is -2.23. The Labute approximate surface area is 113 Å². The van der Waals surface area contributed by atoms with Crippen molar-refractivity contribution in [1.82, 2.24) is 4.31 Å². The van der Waals surface area contributed by atoms with Crippen LogP contribution >= 0.6 is 0 Å². The molecule has 2 rings (SSSR count). The smallest absolute Gasteiger partial charge is 0.243 e. The fraction of sp³-hybridized carbons (Fsp3) is 0.462. The second kappa shape index (κ2) is 4.93. The normalized spacial score (nSPS) is 24.3. The first-order valence-electron chi connectivity index (χ1n) is 6.16. The Bertz CT molecular complexity index is 634. The van der Waals surface area contributed by atoms with E-state index in [1.807, 2.05) is 13.0 Å². The maximum absolute atomic E-state index is 12.6. The highest BCUT2D eigenvalue weighted by Gasteiger charge is 2.37.